The van der Waals surface area contributed by atoms with E-state index in [1.165, 1.54) is 31.2 Å². The van der Waals surface area contributed by atoms with E-state index in [0.29, 0.717) is 22.0 Å². The molecule has 0 saturated carbocycles. The van der Waals surface area contributed by atoms with Crippen molar-refractivity contribution in [3.05, 3.63) is 91.8 Å². The van der Waals surface area contributed by atoms with Gasteiger partial charge in [-0.05, 0) is 59.3 Å². The standard InChI is InChI=1S/C25H17BrCl2N4O4/c1-13-22(26)30-11-5-8-20(23(30)29-13)36-12-17-18(27)9-10-19(21(17)28)31(14(2)33)32-24(34)15-6-3-4-7-16(15)25(32)35/h3-11H,12H2,1-2H3. The number of anilines is 1. The number of carbonyl (C=O) groups is 3. The van der Waals surface area contributed by atoms with Gasteiger partial charge >= 0.3 is 0 Å². The lowest BCUT2D eigenvalue weighted by Gasteiger charge is -2.30. The van der Waals surface area contributed by atoms with Gasteiger partial charge in [0.15, 0.2) is 11.4 Å². The number of fused-ring (bicyclic) bond motifs is 2. The fourth-order valence-electron chi connectivity index (χ4n) is 4.05. The van der Waals surface area contributed by atoms with Crippen LogP contribution in [0.15, 0.2) is 59.3 Å². The zero-order valence-corrected chi connectivity index (χ0v) is 22.1. The van der Waals surface area contributed by atoms with Crippen LogP contribution in [0.2, 0.25) is 10.0 Å². The zero-order chi connectivity index (χ0) is 25.7. The maximum atomic E-state index is 13.1. The van der Waals surface area contributed by atoms with E-state index in [1.54, 1.807) is 18.2 Å². The normalized spacial score (nSPS) is 12.9. The summed E-state index contributed by atoms with van der Waals surface area (Å²) in [6.07, 6.45) is 1.85. The van der Waals surface area contributed by atoms with Crippen LogP contribution in [0.4, 0.5) is 5.69 Å². The van der Waals surface area contributed by atoms with Crippen molar-refractivity contribution in [1.29, 1.82) is 0 Å². The summed E-state index contributed by atoms with van der Waals surface area (Å²) in [5, 5.41) is 2.12. The molecule has 0 atom stereocenters. The number of rotatable bonds is 5. The van der Waals surface area contributed by atoms with Gasteiger partial charge in [-0.1, -0.05) is 35.3 Å². The highest BCUT2D eigenvalue weighted by Crippen LogP contribution is 2.38. The number of aryl methyl sites for hydroxylation is 1. The summed E-state index contributed by atoms with van der Waals surface area (Å²) in [6.45, 7) is 3.06. The summed E-state index contributed by atoms with van der Waals surface area (Å²) in [7, 11) is 0. The number of ether oxygens (including phenoxy) is 1. The van der Waals surface area contributed by atoms with Crippen LogP contribution in [0, 0.1) is 6.92 Å². The van der Waals surface area contributed by atoms with Crippen LogP contribution in [0.5, 0.6) is 5.75 Å². The quantitative estimate of drug-likeness (QED) is 0.273. The summed E-state index contributed by atoms with van der Waals surface area (Å²) >= 11 is 16.7. The summed E-state index contributed by atoms with van der Waals surface area (Å²) < 4.78 is 8.67. The van der Waals surface area contributed by atoms with Crippen LogP contribution in [0.25, 0.3) is 5.65 Å². The van der Waals surface area contributed by atoms with Gasteiger partial charge in [0.05, 0.1) is 27.5 Å². The Kier molecular flexibility index (Phi) is 6.23. The molecule has 11 heteroatoms. The lowest BCUT2D eigenvalue weighted by atomic mass is 10.1. The number of hydrazine groups is 1. The Labute approximate surface area is 224 Å². The largest absolute Gasteiger partial charge is 0.485 e. The molecule has 0 fully saturated rings. The molecule has 2 aromatic heterocycles. The van der Waals surface area contributed by atoms with Crippen LogP contribution in [0.1, 0.15) is 38.9 Å². The van der Waals surface area contributed by atoms with Gasteiger partial charge in [-0.15, -0.1) is 0 Å². The second-order valence-corrected chi connectivity index (χ2v) is 9.54. The minimum atomic E-state index is -0.624. The lowest BCUT2D eigenvalue weighted by molar-refractivity contribution is -0.118. The van der Waals surface area contributed by atoms with Crippen LogP contribution in [-0.4, -0.2) is 32.1 Å². The molecule has 1 aliphatic rings. The summed E-state index contributed by atoms with van der Waals surface area (Å²) in [5.74, 6) is -1.33. The smallest absolute Gasteiger partial charge is 0.281 e. The Morgan fingerprint density at radius 1 is 1.06 bits per heavy atom. The first-order valence-corrected chi connectivity index (χ1v) is 12.3. The van der Waals surface area contributed by atoms with Gasteiger partial charge in [0.1, 0.15) is 11.2 Å². The Balaban J connectivity index is 1.52. The van der Waals surface area contributed by atoms with Crippen molar-refractivity contribution < 1.29 is 19.1 Å². The van der Waals surface area contributed by atoms with Crippen molar-refractivity contribution >= 4 is 68.2 Å². The fourth-order valence-corrected chi connectivity index (χ4v) is 4.98. The second kappa shape index (κ2) is 9.24. The average molecular weight is 588 g/mol. The van der Waals surface area contributed by atoms with Gasteiger partial charge in [-0.25, -0.2) is 9.99 Å². The Bertz CT molecular complexity index is 1550. The van der Waals surface area contributed by atoms with Crippen LogP contribution >= 0.6 is 39.1 Å². The molecule has 3 amide bonds. The third-order valence-electron chi connectivity index (χ3n) is 5.75. The van der Waals surface area contributed by atoms with Gasteiger partial charge in [0.25, 0.3) is 11.8 Å². The molecule has 0 saturated heterocycles. The molecule has 3 heterocycles. The number of hydrogen-bond donors (Lipinski definition) is 0. The molecule has 4 aromatic rings. The zero-order valence-electron chi connectivity index (χ0n) is 19.0. The number of benzene rings is 2. The number of halogens is 3. The number of pyridine rings is 1. The van der Waals surface area contributed by atoms with Crippen molar-refractivity contribution in [2.45, 2.75) is 20.5 Å². The van der Waals surface area contributed by atoms with Crippen LogP contribution < -0.4 is 9.75 Å². The van der Waals surface area contributed by atoms with Crippen molar-refractivity contribution in [2.75, 3.05) is 5.01 Å². The van der Waals surface area contributed by atoms with E-state index < -0.39 is 17.7 Å². The van der Waals surface area contributed by atoms with E-state index in [1.807, 2.05) is 23.6 Å². The molecule has 0 aliphatic carbocycles. The fraction of sp³-hybridized carbons (Fsp3) is 0.120. The first-order valence-electron chi connectivity index (χ1n) is 10.7. The summed E-state index contributed by atoms with van der Waals surface area (Å²) in [5.41, 5.74) is 2.31. The van der Waals surface area contributed by atoms with E-state index in [4.69, 9.17) is 27.9 Å². The third kappa shape index (κ3) is 3.84. The van der Waals surface area contributed by atoms with Crippen molar-refractivity contribution in [3.63, 3.8) is 0 Å². The number of nitrogens with zero attached hydrogens (tertiary/aromatic N) is 4. The van der Waals surface area contributed by atoms with Gasteiger partial charge < -0.3 is 4.74 Å². The molecule has 36 heavy (non-hydrogen) atoms. The molecular formula is C25H17BrCl2N4O4. The molecule has 2 aromatic carbocycles. The van der Waals surface area contributed by atoms with Gasteiger partial charge in [-0.3, -0.25) is 18.8 Å². The first-order chi connectivity index (χ1) is 17.2. The molecule has 0 spiro atoms. The number of imide groups is 1. The Hall–Kier alpha value is -3.40. The van der Waals surface area contributed by atoms with Crippen molar-refractivity contribution in [3.8, 4) is 5.75 Å². The average Bonchev–Trinajstić information content (AvgIpc) is 3.29. The van der Waals surface area contributed by atoms with E-state index in [0.717, 1.165) is 20.3 Å². The third-order valence-corrected chi connectivity index (χ3v) is 7.48. The molecule has 1 aliphatic heterocycles. The molecular weight excluding hydrogens is 571 g/mol. The number of hydrogen-bond acceptors (Lipinski definition) is 5. The molecule has 0 radical (unpaired) electrons. The minimum absolute atomic E-state index is 0.0530. The monoisotopic (exact) mass is 586 g/mol. The SMILES string of the molecule is CC(=O)N(c1ccc(Cl)c(COc2cccn3c(Br)c(C)nc23)c1Cl)N1C(=O)c2ccccc2C1=O. The Morgan fingerprint density at radius 2 is 1.72 bits per heavy atom. The predicted molar refractivity (Wildman–Crippen MR) is 139 cm³/mol. The number of imidazole rings is 1. The molecule has 0 bridgehead atoms. The number of aromatic nitrogens is 2. The van der Waals surface area contributed by atoms with Gasteiger partial charge in [0.2, 0.25) is 5.91 Å². The Morgan fingerprint density at radius 3 is 2.36 bits per heavy atom. The molecule has 5 rings (SSSR count). The molecule has 0 N–H and O–H groups in total. The highest BCUT2D eigenvalue weighted by atomic mass is 79.9. The summed E-state index contributed by atoms with van der Waals surface area (Å²) in [4.78, 5) is 43.4. The minimum Gasteiger partial charge on any atom is -0.485 e. The van der Waals surface area contributed by atoms with Crippen molar-refractivity contribution in [2.24, 2.45) is 0 Å². The highest BCUT2D eigenvalue weighted by Gasteiger charge is 2.42. The topological polar surface area (TPSA) is 84.2 Å². The van der Waals surface area contributed by atoms with E-state index >= 15 is 0 Å². The predicted octanol–water partition coefficient (Wildman–Crippen LogP) is 5.86. The highest BCUT2D eigenvalue weighted by molar-refractivity contribution is 9.10. The number of amides is 3. The lowest BCUT2D eigenvalue weighted by Crippen LogP contribution is -2.49. The summed E-state index contributed by atoms with van der Waals surface area (Å²) in [6, 6.07) is 13.0. The van der Waals surface area contributed by atoms with Gasteiger partial charge in [-0.2, -0.15) is 5.01 Å². The molecule has 182 valence electrons. The maximum absolute atomic E-state index is 13.1. The van der Waals surface area contributed by atoms with E-state index in [2.05, 4.69) is 20.9 Å². The second-order valence-electron chi connectivity index (χ2n) is 8.00. The maximum Gasteiger partial charge on any atom is 0.281 e. The van der Waals surface area contributed by atoms with Crippen molar-refractivity contribution in [1.82, 2.24) is 14.4 Å². The van der Waals surface area contributed by atoms with Gasteiger partial charge in [0, 0.05) is 23.7 Å². The molecule has 8 nitrogen and oxygen atoms in total. The van der Waals surface area contributed by atoms with Crippen LogP contribution in [-0.2, 0) is 11.4 Å². The first kappa shape index (κ1) is 24.3. The van der Waals surface area contributed by atoms with E-state index in [-0.39, 0.29) is 28.4 Å². The van der Waals surface area contributed by atoms with Crippen LogP contribution in [0.3, 0.4) is 0 Å². The van der Waals surface area contributed by atoms with E-state index in [9.17, 15) is 14.4 Å². The number of carbonyl (C=O) groups excluding carboxylic acids is 3. The molecule has 0 unspecified atom stereocenters.